The lowest BCUT2D eigenvalue weighted by atomic mass is 9.95. The molecule has 0 atom stereocenters. The number of carbonyl (C=O) groups is 1. The average Bonchev–Trinajstić information content (AvgIpc) is 2.82. The third-order valence-electron chi connectivity index (χ3n) is 6.53. The molecule has 1 saturated heterocycles. The summed E-state index contributed by atoms with van der Waals surface area (Å²) in [6, 6.07) is 6.29. The Kier molecular flexibility index (Phi) is 6.73. The normalized spacial score (nSPS) is 18.8. The molecule has 0 radical (unpaired) electrons. The predicted octanol–water partition coefficient (Wildman–Crippen LogP) is 5.70. The molecular weight excluding hydrogens is 414 g/mol. The van der Waals surface area contributed by atoms with Gasteiger partial charge in [0.15, 0.2) is 0 Å². The van der Waals surface area contributed by atoms with Crippen LogP contribution in [0.25, 0.3) is 10.9 Å². The van der Waals surface area contributed by atoms with Crippen molar-refractivity contribution in [2.75, 3.05) is 18.4 Å². The molecule has 2 aliphatic rings. The van der Waals surface area contributed by atoms with E-state index in [1.807, 2.05) is 0 Å². The maximum Gasteiger partial charge on any atom is 0.224 e. The van der Waals surface area contributed by atoms with E-state index in [1.54, 1.807) is 0 Å². The summed E-state index contributed by atoms with van der Waals surface area (Å²) in [5, 5.41) is 7.68. The molecule has 152 valence electrons. The fraction of sp³-hybridized carbons (Fsp3) is 0.609. The highest BCUT2D eigenvalue weighted by atomic mass is 79.9. The summed E-state index contributed by atoms with van der Waals surface area (Å²) in [5.41, 5.74) is 2.14. The quantitative estimate of drug-likeness (QED) is 0.536. The molecule has 1 aromatic carbocycles. The lowest BCUT2D eigenvalue weighted by Gasteiger charge is -2.27. The second-order valence-electron chi connectivity index (χ2n) is 8.63. The minimum atomic E-state index is 0.155. The summed E-state index contributed by atoms with van der Waals surface area (Å²) in [6.45, 7) is 3.26. The van der Waals surface area contributed by atoms with E-state index < -0.39 is 0 Å². The van der Waals surface area contributed by atoms with Gasteiger partial charge in [0, 0.05) is 29.0 Å². The molecule has 0 spiro atoms. The lowest BCUT2D eigenvalue weighted by Crippen LogP contribution is -2.42. The molecule has 1 amide bonds. The molecule has 4 rings (SSSR count). The van der Waals surface area contributed by atoms with Crippen molar-refractivity contribution < 1.29 is 4.79 Å². The predicted molar refractivity (Wildman–Crippen MR) is 120 cm³/mol. The second kappa shape index (κ2) is 9.45. The molecule has 0 unspecified atom stereocenters. The number of hydrogen-bond acceptors (Lipinski definition) is 2. The molecule has 2 N–H and O–H groups in total. The Hall–Kier alpha value is -1.33. The maximum atomic E-state index is 12.7. The number of aryl methyl sites for hydroxylation is 1. The number of amides is 1. The maximum absolute atomic E-state index is 12.7. The van der Waals surface area contributed by atoms with Crippen LogP contribution in [0.5, 0.6) is 0 Å². The first-order valence-corrected chi connectivity index (χ1v) is 11.8. The van der Waals surface area contributed by atoms with Crippen LogP contribution in [0.4, 0.5) is 5.69 Å². The topological polar surface area (TPSA) is 46.1 Å². The second-order valence-corrected chi connectivity index (χ2v) is 9.48. The first-order chi connectivity index (χ1) is 13.7. The molecule has 5 heteroatoms. The van der Waals surface area contributed by atoms with Crippen LogP contribution in [0.1, 0.15) is 57.8 Å². The Labute approximate surface area is 176 Å². The van der Waals surface area contributed by atoms with Gasteiger partial charge in [-0.2, -0.15) is 0 Å². The van der Waals surface area contributed by atoms with Gasteiger partial charge in [-0.15, -0.1) is 0 Å². The van der Waals surface area contributed by atoms with Crippen molar-refractivity contribution in [3.8, 4) is 0 Å². The third-order valence-corrected chi connectivity index (χ3v) is 7.19. The summed E-state index contributed by atoms with van der Waals surface area (Å²) in [7, 11) is 0. The van der Waals surface area contributed by atoms with E-state index >= 15 is 0 Å². The Morgan fingerprint density at radius 1 is 1.11 bits per heavy atom. The van der Waals surface area contributed by atoms with Gasteiger partial charge in [0.25, 0.3) is 0 Å². The molecule has 4 nitrogen and oxygen atoms in total. The highest BCUT2D eigenvalue weighted by molar-refractivity contribution is 9.10. The highest BCUT2D eigenvalue weighted by Gasteiger charge is 2.19. The number of aromatic nitrogens is 1. The van der Waals surface area contributed by atoms with Crippen LogP contribution < -0.4 is 10.6 Å². The van der Waals surface area contributed by atoms with E-state index in [0.29, 0.717) is 6.42 Å². The summed E-state index contributed by atoms with van der Waals surface area (Å²) < 4.78 is 3.35. The Morgan fingerprint density at radius 3 is 2.61 bits per heavy atom. The Morgan fingerprint density at radius 2 is 1.89 bits per heavy atom. The number of nitrogens with zero attached hydrogens (tertiary/aromatic N) is 1. The minimum Gasteiger partial charge on any atom is -0.345 e. The number of fused-ring (bicyclic) bond motifs is 1. The van der Waals surface area contributed by atoms with Crippen LogP contribution in [0.3, 0.4) is 0 Å². The summed E-state index contributed by atoms with van der Waals surface area (Å²) >= 11 is 3.69. The van der Waals surface area contributed by atoms with Crippen molar-refractivity contribution in [3.05, 3.63) is 28.9 Å². The van der Waals surface area contributed by atoms with Crippen LogP contribution in [0, 0.1) is 11.8 Å². The van der Waals surface area contributed by atoms with Crippen molar-refractivity contribution in [3.63, 3.8) is 0 Å². The van der Waals surface area contributed by atoms with E-state index in [-0.39, 0.29) is 5.91 Å². The van der Waals surface area contributed by atoms with Crippen LogP contribution in [0.15, 0.2) is 28.9 Å². The Balaban J connectivity index is 1.42. The average molecular weight is 446 g/mol. The van der Waals surface area contributed by atoms with E-state index in [2.05, 4.69) is 55.5 Å². The molecule has 1 aliphatic heterocycles. The first-order valence-electron chi connectivity index (χ1n) is 11.0. The van der Waals surface area contributed by atoms with Gasteiger partial charge in [-0.25, -0.2) is 0 Å². The standard InChI is InChI=1S/C23H32BrN3O/c24-19-8-5-9-21-23(19)20(16-27(21)13-12-18-14-25-15-18)26-22(28)11-10-17-6-3-1-2-4-7-17/h5,8-9,16-18,25H,1-4,6-7,10-15H2,(H,26,28). The zero-order chi connectivity index (χ0) is 19.3. The lowest BCUT2D eigenvalue weighted by molar-refractivity contribution is -0.116. The fourth-order valence-electron chi connectivity index (χ4n) is 4.66. The van der Waals surface area contributed by atoms with E-state index in [1.165, 1.54) is 50.5 Å². The molecule has 1 saturated carbocycles. The number of anilines is 1. The van der Waals surface area contributed by atoms with E-state index in [4.69, 9.17) is 0 Å². The molecule has 1 aromatic heterocycles. The van der Waals surface area contributed by atoms with Crippen LogP contribution >= 0.6 is 15.9 Å². The van der Waals surface area contributed by atoms with Gasteiger partial charge < -0.3 is 15.2 Å². The van der Waals surface area contributed by atoms with Crippen molar-refractivity contribution in [2.45, 2.75) is 64.3 Å². The monoisotopic (exact) mass is 445 g/mol. The van der Waals surface area contributed by atoms with Crippen LogP contribution in [-0.2, 0) is 11.3 Å². The summed E-state index contributed by atoms with van der Waals surface area (Å²) in [5.74, 6) is 1.67. The number of nitrogens with one attached hydrogen (secondary N) is 2. The zero-order valence-electron chi connectivity index (χ0n) is 16.7. The van der Waals surface area contributed by atoms with Crippen molar-refractivity contribution in [2.24, 2.45) is 11.8 Å². The Bertz CT molecular complexity index is 804. The van der Waals surface area contributed by atoms with E-state index in [0.717, 1.165) is 53.4 Å². The largest absolute Gasteiger partial charge is 0.345 e. The molecule has 1 aliphatic carbocycles. The number of benzene rings is 1. The number of carbonyl (C=O) groups excluding carboxylic acids is 1. The van der Waals surface area contributed by atoms with Crippen molar-refractivity contribution in [1.82, 2.24) is 9.88 Å². The number of halogens is 1. The van der Waals surface area contributed by atoms with Gasteiger partial charge >= 0.3 is 0 Å². The molecular formula is C23H32BrN3O. The first kappa shape index (κ1) is 20.0. The molecule has 2 aromatic rings. The summed E-state index contributed by atoms with van der Waals surface area (Å²) in [6.07, 6.45) is 13.0. The third kappa shape index (κ3) is 4.80. The smallest absolute Gasteiger partial charge is 0.224 e. The summed E-state index contributed by atoms with van der Waals surface area (Å²) in [4.78, 5) is 12.7. The van der Waals surface area contributed by atoms with Gasteiger partial charge in [-0.05, 0) is 49.9 Å². The van der Waals surface area contributed by atoms with Gasteiger partial charge in [0.2, 0.25) is 5.91 Å². The molecule has 0 bridgehead atoms. The molecule has 2 fully saturated rings. The number of rotatable bonds is 7. The van der Waals surface area contributed by atoms with Crippen LogP contribution in [0.2, 0.25) is 0 Å². The zero-order valence-corrected chi connectivity index (χ0v) is 18.3. The van der Waals surface area contributed by atoms with Crippen LogP contribution in [-0.4, -0.2) is 23.6 Å². The minimum absolute atomic E-state index is 0.155. The fourth-order valence-corrected chi connectivity index (χ4v) is 5.23. The van der Waals surface area contributed by atoms with Gasteiger partial charge in [-0.3, -0.25) is 4.79 Å². The van der Waals surface area contributed by atoms with E-state index in [9.17, 15) is 4.79 Å². The van der Waals surface area contributed by atoms with Gasteiger partial charge in [0.05, 0.1) is 11.2 Å². The van der Waals surface area contributed by atoms with Gasteiger partial charge in [-0.1, -0.05) is 60.5 Å². The molecule has 2 heterocycles. The van der Waals surface area contributed by atoms with Crippen molar-refractivity contribution in [1.29, 1.82) is 0 Å². The number of hydrogen-bond donors (Lipinski definition) is 2. The highest BCUT2D eigenvalue weighted by Crippen LogP contribution is 2.34. The van der Waals surface area contributed by atoms with Crippen molar-refractivity contribution >= 4 is 38.4 Å². The SMILES string of the molecule is O=C(CCC1CCCCCC1)Nc1cn(CCC2CNC2)c2cccc(Br)c12. The molecule has 28 heavy (non-hydrogen) atoms. The van der Waals surface area contributed by atoms with Gasteiger partial charge in [0.1, 0.15) is 0 Å².